The molecule has 0 saturated carbocycles. The van der Waals surface area contributed by atoms with Crippen molar-refractivity contribution in [3.63, 3.8) is 0 Å². The number of aromatic nitrogens is 3. The van der Waals surface area contributed by atoms with E-state index < -0.39 is 0 Å². The van der Waals surface area contributed by atoms with Crippen LogP contribution in [0.5, 0.6) is 0 Å². The molecule has 0 fully saturated rings. The van der Waals surface area contributed by atoms with Crippen molar-refractivity contribution in [2.45, 2.75) is 13.0 Å². The standard InChI is InChI=1S/C12H10N4S/c13-12-15-10-9(17-12)5-6-16-8-4-2-1-3-7(8)14-11(10)16/h1-4H,5-6H2,(H2,13,15). The van der Waals surface area contributed by atoms with Crippen LogP contribution in [0.25, 0.3) is 22.6 Å². The van der Waals surface area contributed by atoms with Crippen molar-refractivity contribution < 1.29 is 0 Å². The van der Waals surface area contributed by atoms with E-state index in [-0.39, 0.29) is 0 Å². The molecule has 1 aromatic carbocycles. The van der Waals surface area contributed by atoms with Gasteiger partial charge in [0.25, 0.3) is 0 Å². The van der Waals surface area contributed by atoms with E-state index in [0.717, 1.165) is 30.0 Å². The molecule has 2 aromatic heterocycles. The zero-order valence-corrected chi connectivity index (χ0v) is 9.87. The summed E-state index contributed by atoms with van der Waals surface area (Å²) in [6.45, 7) is 0.963. The summed E-state index contributed by atoms with van der Waals surface area (Å²) in [6.07, 6.45) is 0.998. The average Bonchev–Trinajstić information content (AvgIpc) is 2.87. The fourth-order valence-corrected chi connectivity index (χ4v) is 3.23. The molecular weight excluding hydrogens is 232 g/mol. The Bertz CT molecular complexity index is 725. The highest BCUT2D eigenvalue weighted by atomic mass is 32.1. The number of thiazole rings is 1. The Morgan fingerprint density at radius 3 is 3.06 bits per heavy atom. The number of para-hydroxylation sites is 2. The first-order valence-corrected chi connectivity index (χ1v) is 6.35. The molecule has 0 aliphatic carbocycles. The van der Waals surface area contributed by atoms with Crippen LogP contribution in [0.2, 0.25) is 0 Å². The number of rotatable bonds is 0. The van der Waals surface area contributed by atoms with Gasteiger partial charge in [0.05, 0.1) is 11.0 Å². The Balaban J connectivity index is 2.09. The van der Waals surface area contributed by atoms with Crippen molar-refractivity contribution in [1.82, 2.24) is 14.5 Å². The third-order valence-corrected chi connectivity index (χ3v) is 4.09. The van der Waals surface area contributed by atoms with Gasteiger partial charge in [0.2, 0.25) is 0 Å². The van der Waals surface area contributed by atoms with Crippen LogP contribution in [-0.4, -0.2) is 14.5 Å². The van der Waals surface area contributed by atoms with Gasteiger partial charge in [-0.1, -0.05) is 12.1 Å². The van der Waals surface area contributed by atoms with E-state index >= 15 is 0 Å². The summed E-state index contributed by atoms with van der Waals surface area (Å²) >= 11 is 1.58. The molecule has 1 aliphatic heterocycles. The van der Waals surface area contributed by atoms with Crippen LogP contribution in [0.3, 0.4) is 0 Å². The van der Waals surface area contributed by atoms with Crippen molar-refractivity contribution in [2.75, 3.05) is 5.73 Å². The molecule has 0 radical (unpaired) electrons. The summed E-state index contributed by atoms with van der Waals surface area (Å²) in [5.41, 5.74) is 8.96. The van der Waals surface area contributed by atoms with Crippen molar-refractivity contribution in [3.05, 3.63) is 29.1 Å². The topological polar surface area (TPSA) is 56.7 Å². The fourth-order valence-electron chi connectivity index (χ4n) is 2.41. The highest BCUT2D eigenvalue weighted by molar-refractivity contribution is 7.15. The molecule has 0 amide bonds. The van der Waals surface area contributed by atoms with Gasteiger partial charge in [-0.25, -0.2) is 9.97 Å². The summed E-state index contributed by atoms with van der Waals surface area (Å²) < 4.78 is 2.23. The molecule has 5 heteroatoms. The lowest BCUT2D eigenvalue weighted by Gasteiger charge is -2.13. The van der Waals surface area contributed by atoms with Crippen LogP contribution >= 0.6 is 11.3 Å². The van der Waals surface area contributed by atoms with E-state index in [9.17, 15) is 0 Å². The van der Waals surface area contributed by atoms with Crippen molar-refractivity contribution in [1.29, 1.82) is 0 Å². The molecule has 0 spiro atoms. The van der Waals surface area contributed by atoms with Crippen molar-refractivity contribution in [3.8, 4) is 11.5 Å². The minimum absolute atomic E-state index is 0.635. The molecule has 0 atom stereocenters. The Morgan fingerprint density at radius 2 is 2.12 bits per heavy atom. The highest BCUT2D eigenvalue weighted by Crippen LogP contribution is 2.35. The maximum atomic E-state index is 5.78. The van der Waals surface area contributed by atoms with Crippen LogP contribution in [0.15, 0.2) is 24.3 Å². The van der Waals surface area contributed by atoms with E-state index in [4.69, 9.17) is 5.73 Å². The van der Waals surface area contributed by atoms with Gasteiger partial charge in [0.1, 0.15) is 5.69 Å². The minimum Gasteiger partial charge on any atom is -0.375 e. The lowest BCUT2D eigenvalue weighted by molar-refractivity contribution is 0.707. The number of fused-ring (bicyclic) bond motifs is 5. The van der Waals surface area contributed by atoms with Gasteiger partial charge in [-0.05, 0) is 12.1 Å². The Hall–Kier alpha value is -1.88. The van der Waals surface area contributed by atoms with Gasteiger partial charge in [-0.15, -0.1) is 11.3 Å². The van der Waals surface area contributed by atoms with Crippen molar-refractivity contribution in [2.24, 2.45) is 0 Å². The number of imidazole rings is 1. The second-order valence-electron chi connectivity index (χ2n) is 4.15. The Morgan fingerprint density at radius 1 is 1.24 bits per heavy atom. The first-order chi connectivity index (χ1) is 8.33. The number of hydrogen-bond acceptors (Lipinski definition) is 4. The molecule has 1 aliphatic rings. The van der Waals surface area contributed by atoms with Gasteiger partial charge in [0, 0.05) is 17.8 Å². The quantitative estimate of drug-likeness (QED) is 0.658. The maximum Gasteiger partial charge on any atom is 0.180 e. The Kier molecular flexibility index (Phi) is 1.66. The largest absolute Gasteiger partial charge is 0.375 e. The third-order valence-electron chi connectivity index (χ3n) is 3.14. The zero-order chi connectivity index (χ0) is 11.4. The molecule has 17 heavy (non-hydrogen) atoms. The van der Waals surface area contributed by atoms with Gasteiger partial charge < -0.3 is 10.3 Å². The maximum absolute atomic E-state index is 5.78. The molecule has 4 nitrogen and oxygen atoms in total. The second-order valence-corrected chi connectivity index (χ2v) is 5.26. The number of anilines is 1. The number of benzene rings is 1. The minimum atomic E-state index is 0.635. The molecule has 2 N–H and O–H groups in total. The number of nitrogen functional groups attached to an aromatic ring is 1. The molecule has 3 aromatic rings. The molecule has 0 unspecified atom stereocenters. The lowest BCUT2D eigenvalue weighted by atomic mass is 10.2. The number of nitrogens with zero attached hydrogens (tertiary/aromatic N) is 3. The van der Waals surface area contributed by atoms with E-state index in [1.165, 1.54) is 10.4 Å². The van der Waals surface area contributed by atoms with Crippen LogP contribution in [0.4, 0.5) is 5.13 Å². The van der Waals surface area contributed by atoms with Gasteiger partial charge in [-0.3, -0.25) is 0 Å². The smallest absolute Gasteiger partial charge is 0.180 e. The highest BCUT2D eigenvalue weighted by Gasteiger charge is 2.23. The van der Waals surface area contributed by atoms with Crippen LogP contribution in [0.1, 0.15) is 4.88 Å². The second kappa shape index (κ2) is 3.07. The summed E-state index contributed by atoms with van der Waals surface area (Å²) in [7, 11) is 0. The van der Waals surface area contributed by atoms with E-state index in [1.807, 2.05) is 18.2 Å². The summed E-state index contributed by atoms with van der Waals surface area (Å²) in [6, 6.07) is 8.20. The number of aryl methyl sites for hydroxylation is 2. The van der Waals surface area contributed by atoms with Gasteiger partial charge >= 0.3 is 0 Å². The fraction of sp³-hybridized carbons (Fsp3) is 0.167. The van der Waals surface area contributed by atoms with Crippen LogP contribution in [-0.2, 0) is 13.0 Å². The first kappa shape index (κ1) is 9.18. The monoisotopic (exact) mass is 242 g/mol. The summed E-state index contributed by atoms with van der Waals surface area (Å²) in [5.74, 6) is 0.959. The SMILES string of the molecule is Nc1nc2c(s1)CCn1c-2nc2ccccc21. The molecule has 3 heterocycles. The molecule has 4 rings (SSSR count). The lowest BCUT2D eigenvalue weighted by Crippen LogP contribution is -2.09. The van der Waals surface area contributed by atoms with Crippen LogP contribution < -0.4 is 5.73 Å². The predicted molar refractivity (Wildman–Crippen MR) is 69.0 cm³/mol. The zero-order valence-electron chi connectivity index (χ0n) is 9.05. The summed E-state index contributed by atoms with van der Waals surface area (Å²) in [4.78, 5) is 10.3. The van der Waals surface area contributed by atoms with Gasteiger partial charge in [0.15, 0.2) is 11.0 Å². The third kappa shape index (κ3) is 1.17. The number of nitrogens with two attached hydrogens (primary N) is 1. The van der Waals surface area contributed by atoms with E-state index in [2.05, 4.69) is 20.6 Å². The molecule has 0 bridgehead atoms. The average molecular weight is 242 g/mol. The predicted octanol–water partition coefficient (Wildman–Crippen LogP) is 2.30. The van der Waals surface area contributed by atoms with Gasteiger partial charge in [-0.2, -0.15) is 0 Å². The number of hydrogen-bond donors (Lipinski definition) is 1. The van der Waals surface area contributed by atoms with E-state index in [1.54, 1.807) is 11.3 Å². The molecular formula is C12H10N4S. The first-order valence-electron chi connectivity index (χ1n) is 5.54. The molecule has 84 valence electrons. The Labute approximate surface area is 102 Å². The van der Waals surface area contributed by atoms with Crippen LogP contribution in [0, 0.1) is 0 Å². The van der Waals surface area contributed by atoms with E-state index in [0.29, 0.717) is 5.13 Å². The normalized spacial score (nSPS) is 13.6. The van der Waals surface area contributed by atoms with Crippen molar-refractivity contribution >= 4 is 27.5 Å². The summed E-state index contributed by atoms with van der Waals surface area (Å²) in [5, 5.41) is 0.635. The molecule has 0 saturated heterocycles.